The number of hydrogen-bond donors (Lipinski definition) is 0. The molecule has 0 saturated heterocycles. The van der Waals surface area contributed by atoms with Crippen LogP contribution in [-0.2, 0) is 5.41 Å². The molecule has 1 aliphatic heterocycles. The van der Waals surface area contributed by atoms with Crippen molar-refractivity contribution in [3.8, 4) is 27.9 Å². The first kappa shape index (κ1) is 44.7. The van der Waals surface area contributed by atoms with Gasteiger partial charge in [0.2, 0.25) is 0 Å². The lowest BCUT2D eigenvalue weighted by atomic mass is 9.63. The molecule has 354 valence electrons. The van der Waals surface area contributed by atoms with E-state index in [9.17, 15) is 0 Å². The van der Waals surface area contributed by atoms with Crippen LogP contribution in [0.15, 0.2) is 261 Å². The molecular formula is C71H55N3. The summed E-state index contributed by atoms with van der Waals surface area (Å²) in [6.45, 7) is 8.57. The first-order valence-corrected chi connectivity index (χ1v) is 25.7. The predicted molar refractivity (Wildman–Crippen MR) is 312 cm³/mol. The van der Waals surface area contributed by atoms with Crippen molar-refractivity contribution in [1.29, 1.82) is 0 Å². The standard InChI is InChI=1S/C71H55N3/c1-48-19-32-58(33-20-48)72(59-34-21-49(2)22-35-59)62-40-27-52(28-41-62)54-31-44-68-64(45-54)65-46-55(53-29-42-63(43-30-53)73(60-36-23-50(3)24-37-60)61-38-25-51(4)26-39-61)47-67-70(65)74(68)69-18-12-11-17-66(69)71(67,56-13-7-5-8-14-56)57-15-9-6-10-16-57/h5-47H,1-4H3. The van der Waals surface area contributed by atoms with E-state index in [4.69, 9.17) is 0 Å². The molecule has 1 aromatic heterocycles. The lowest BCUT2D eigenvalue weighted by Gasteiger charge is -2.42. The second-order valence-corrected chi connectivity index (χ2v) is 20.1. The Morgan fingerprint density at radius 2 is 0.662 bits per heavy atom. The van der Waals surface area contributed by atoms with E-state index < -0.39 is 5.41 Å². The van der Waals surface area contributed by atoms with Crippen LogP contribution in [-0.4, -0.2) is 4.57 Å². The lowest BCUT2D eigenvalue weighted by molar-refractivity contribution is 0.728. The van der Waals surface area contributed by atoms with Gasteiger partial charge in [-0.2, -0.15) is 0 Å². The highest BCUT2D eigenvalue weighted by Crippen LogP contribution is 2.55. The van der Waals surface area contributed by atoms with Crippen LogP contribution in [0.3, 0.4) is 0 Å². The van der Waals surface area contributed by atoms with Crippen molar-refractivity contribution in [3.63, 3.8) is 0 Å². The number of aromatic nitrogens is 1. The lowest BCUT2D eigenvalue weighted by Crippen LogP contribution is -2.35. The van der Waals surface area contributed by atoms with E-state index in [2.05, 4.69) is 303 Å². The second kappa shape index (κ2) is 18.1. The summed E-state index contributed by atoms with van der Waals surface area (Å²) in [5.74, 6) is 0. The highest BCUT2D eigenvalue weighted by molar-refractivity contribution is 6.14. The zero-order valence-electron chi connectivity index (χ0n) is 42.2. The molecule has 11 aromatic carbocycles. The van der Waals surface area contributed by atoms with Crippen molar-refractivity contribution in [2.45, 2.75) is 33.1 Å². The molecule has 0 fully saturated rings. The number of rotatable bonds is 10. The summed E-state index contributed by atoms with van der Waals surface area (Å²) in [5.41, 5.74) is 24.4. The van der Waals surface area contributed by atoms with E-state index in [1.54, 1.807) is 0 Å². The van der Waals surface area contributed by atoms with Crippen molar-refractivity contribution in [1.82, 2.24) is 4.57 Å². The maximum atomic E-state index is 2.54. The van der Waals surface area contributed by atoms with E-state index in [0.29, 0.717) is 0 Å². The van der Waals surface area contributed by atoms with Gasteiger partial charge < -0.3 is 14.4 Å². The number of hydrogen-bond acceptors (Lipinski definition) is 2. The first-order valence-electron chi connectivity index (χ1n) is 25.7. The van der Waals surface area contributed by atoms with E-state index in [-0.39, 0.29) is 0 Å². The van der Waals surface area contributed by atoms with Crippen molar-refractivity contribution in [2.75, 3.05) is 9.80 Å². The second-order valence-electron chi connectivity index (χ2n) is 20.1. The minimum absolute atomic E-state index is 0.620. The van der Waals surface area contributed by atoms with Crippen LogP contribution in [0.2, 0.25) is 0 Å². The van der Waals surface area contributed by atoms with E-state index >= 15 is 0 Å². The van der Waals surface area contributed by atoms with Gasteiger partial charge in [-0.25, -0.2) is 0 Å². The fourth-order valence-corrected chi connectivity index (χ4v) is 11.6. The van der Waals surface area contributed by atoms with E-state index in [1.807, 2.05) is 0 Å². The predicted octanol–water partition coefficient (Wildman–Crippen LogP) is 19.0. The van der Waals surface area contributed by atoms with Gasteiger partial charge in [-0.3, -0.25) is 0 Å². The summed E-state index contributed by atoms with van der Waals surface area (Å²) in [6.07, 6.45) is 0. The van der Waals surface area contributed by atoms with Gasteiger partial charge in [0.1, 0.15) is 0 Å². The van der Waals surface area contributed by atoms with Gasteiger partial charge in [-0.1, -0.05) is 180 Å². The maximum Gasteiger partial charge on any atom is 0.0742 e. The average Bonchev–Trinajstić information content (AvgIpc) is 3.82. The Hall–Kier alpha value is -9.18. The van der Waals surface area contributed by atoms with Crippen molar-refractivity contribution < 1.29 is 0 Å². The summed E-state index contributed by atoms with van der Waals surface area (Å²) in [5, 5.41) is 2.45. The van der Waals surface area contributed by atoms with Crippen molar-refractivity contribution >= 4 is 55.9 Å². The summed E-state index contributed by atoms with van der Waals surface area (Å²) >= 11 is 0. The normalized spacial score (nSPS) is 12.4. The minimum Gasteiger partial charge on any atom is -0.311 e. The number of para-hydroxylation sites is 1. The third-order valence-corrected chi connectivity index (χ3v) is 15.3. The molecule has 3 heteroatoms. The zero-order chi connectivity index (χ0) is 49.9. The molecule has 13 rings (SSSR count). The topological polar surface area (TPSA) is 11.4 Å². The fourth-order valence-electron chi connectivity index (χ4n) is 11.6. The number of anilines is 6. The molecule has 0 spiro atoms. The van der Waals surface area contributed by atoms with Gasteiger partial charge >= 0.3 is 0 Å². The summed E-state index contributed by atoms with van der Waals surface area (Å²) < 4.78 is 2.54. The Morgan fingerprint density at radius 1 is 0.297 bits per heavy atom. The van der Waals surface area contributed by atoms with Gasteiger partial charge in [0, 0.05) is 44.9 Å². The van der Waals surface area contributed by atoms with Crippen molar-refractivity contribution in [3.05, 3.63) is 305 Å². The maximum absolute atomic E-state index is 2.54. The van der Waals surface area contributed by atoms with Crippen LogP contribution in [0.5, 0.6) is 0 Å². The van der Waals surface area contributed by atoms with Gasteiger partial charge in [-0.15, -0.1) is 0 Å². The zero-order valence-corrected chi connectivity index (χ0v) is 42.2. The van der Waals surface area contributed by atoms with Crippen LogP contribution in [0, 0.1) is 27.7 Å². The number of aryl methyl sites for hydroxylation is 4. The number of fused-ring (bicyclic) bond motifs is 5. The summed E-state index contributed by atoms with van der Waals surface area (Å²) in [4.78, 5) is 4.70. The Kier molecular flexibility index (Phi) is 11.0. The largest absolute Gasteiger partial charge is 0.311 e. The monoisotopic (exact) mass is 949 g/mol. The highest BCUT2D eigenvalue weighted by Gasteiger charge is 2.45. The quantitative estimate of drug-likeness (QED) is 0.135. The molecule has 1 aliphatic rings. The van der Waals surface area contributed by atoms with Gasteiger partial charge in [0.15, 0.2) is 0 Å². The third kappa shape index (κ3) is 7.51. The third-order valence-electron chi connectivity index (χ3n) is 15.3. The molecule has 0 aliphatic carbocycles. The van der Waals surface area contributed by atoms with E-state index in [1.165, 1.54) is 88.7 Å². The molecule has 0 unspecified atom stereocenters. The highest BCUT2D eigenvalue weighted by atomic mass is 15.1. The number of nitrogens with zero attached hydrogens (tertiary/aromatic N) is 3. The Balaban J connectivity index is 1.02. The first-order chi connectivity index (χ1) is 36.3. The van der Waals surface area contributed by atoms with E-state index in [0.717, 1.165) is 39.7 Å². The number of benzene rings is 11. The molecule has 74 heavy (non-hydrogen) atoms. The molecule has 0 bridgehead atoms. The Labute approximate surface area is 434 Å². The molecule has 0 amide bonds. The van der Waals surface area contributed by atoms with Crippen LogP contribution in [0.25, 0.3) is 49.7 Å². The van der Waals surface area contributed by atoms with Gasteiger partial charge in [-0.05, 0) is 175 Å². The van der Waals surface area contributed by atoms with Crippen LogP contribution >= 0.6 is 0 Å². The average molecular weight is 950 g/mol. The van der Waals surface area contributed by atoms with Crippen LogP contribution in [0.4, 0.5) is 34.1 Å². The SMILES string of the molecule is Cc1ccc(N(c2ccc(C)cc2)c2ccc(-c3ccc4c(c3)c3cc(-c5ccc(N(c6ccc(C)cc6)c6ccc(C)cc6)cc5)cc5c3n4-c3ccccc3C5(c3ccccc3)c3ccccc3)cc2)cc1. The Bertz CT molecular complexity index is 3850. The molecule has 0 saturated carbocycles. The smallest absolute Gasteiger partial charge is 0.0742 e. The molecule has 0 atom stereocenters. The molecule has 0 radical (unpaired) electrons. The molecular weight excluding hydrogens is 895 g/mol. The van der Waals surface area contributed by atoms with Crippen LogP contribution < -0.4 is 9.80 Å². The van der Waals surface area contributed by atoms with Crippen molar-refractivity contribution in [2.24, 2.45) is 0 Å². The van der Waals surface area contributed by atoms with Crippen LogP contribution in [0.1, 0.15) is 44.5 Å². The summed E-state index contributed by atoms with van der Waals surface area (Å²) in [7, 11) is 0. The minimum atomic E-state index is -0.620. The fraction of sp³-hybridized carbons (Fsp3) is 0.0704. The molecule has 12 aromatic rings. The summed E-state index contributed by atoms with van der Waals surface area (Å²) in [6, 6.07) is 97.0. The van der Waals surface area contributed by atoms with Gasteiger partial charge in [0.05, 0.1) is 22.1 Å². The molecule has 0 N–H and O–H groups in total. The Morgan fingerprint density at radius 3 is 1.11 bits per heavy atom. The van der Waals surface area contributed by atoms with Gasteiger partial charge in [0.25, 0.3) is 0 Å². The molecule has 2 heterocycles. The molecule has 3 nitrogen and oxygen atoms in total.